The highest BCUT2D eigenvalue weighted by molar-refractivity contribution is 5.65. The smallest absolute Gasteiger partial charge is 0.404 e. The van der Waals surface area contributed by atoms with Crippen molar-refractivity contribution in [2.24, 2.45) is 0 Å². The SMILES string of the molecule is O=C(O)N[C@H]1CCC[C@@H]1N(Cc1ccccc1)Cc1ccccc1. The Hall–Kier alpha value is -2.33. The third-order valence-corrected chi connectivity index (χ3v) is 4.71. The number of nitrogens with zero attached hydrogens (tertiary/aromatic N) is 1. The fourth-order valence-corrected chi connectivity index (χ4v) is 3.63. The van der Waals surface area contributed by atoms with E-state index in [4.69, 9.17) is 5.11 Å². The maximum atomic E-state index is 11.1. The van der Waals surface area contributed by atoms with Crippen LogP contribution in [-0.2, 0) is 13.1 Å². The molecule has 24 heavy (non-hydrogen) atoms. The molecule has 0 radical (unpaired) electrons. The van der Waals surface area contributed by atoms with Crippen LogP contribution in [0.15, 0.2) is 60.7 Å². The van der Waals surface area contributed by atoms with E-state index in [1.807, 2.05) is 12.1 Å². The molecule has 1 aliphatic carbocycles. The zero-order valence-electron chi connectivity index (χ0n) is 13.8. The van der Waals surface area contributed by atoms with Crippen LogP contribution in [0.4, 0.5) is 4.79 Å². The molecule has 1 fully saturated rings. The van der Waals surface area contributed by atoms with E-state index in [-0.39, 0.29) is 12.1 Å². The molecule has 0 aromatic heterocycles. The van der Waals surface area contributed by atoms with Gasteiger partial charge in [0.15, 0.2) is 0 Å². The zero-order valence-corrected chi connectivity index (χ0v) is 13.8. The lowest BCUT2D eigenvalue weighted by atomic mass is 10.1. The van der Waals surface area contributed by atoms with E-state index < -0.39 is 6.09 Å². The van der Waals surface area contributed by atoms with Gasteiger partial charge in [0, 0.05) is 25.2 Å². The topological polar surface area (TPSA) is 52.6 Å². The number of hydrogen-bond donors (Lipinski definition) is 2. The summed E-state index contributed by atoms with van der Waals surface area (Å²) in [5.74, 6) is 0. The average Bonchev–Trinajstić information content (AvgIpc) is 3.03. The first kappa shape index (κ1) is 16.5. The Kier molecular flexibility index (Phi) is 5.49. The fraction of sp³-hybridized carbons (Fsp3) is 0.350. The Morgan fingerprint density at radius 1 is 0.958 bits per heavy atom. The normalized spacial score (nSPS) is 20.2. The first-order chi connectivity index (χ1) is 11.7. The molecule has 2 aromatic carbocycles. The van der Waals surface area contributed by atoms with Gasteiger partial charge in [-0.05, 0) is 30.4 Å². The van der Waals surface area contributed by atoms with Crippen LogP contribution in [0.5, 0.6) is 0 Å². The molecule has 1 amide bonds. The Morgan fingerprint density at radius 3 is 2.00 bits per heavy atom. The molecule has 0 saturated heterocycles. The predicted molar refractivity (Wildman–Crippen MR) is 94.7 cm³/mol. The Labute approximate surface area is 143 Å². The highest BCUT2D eigenvalue weighted by atomic mass is 16.4. The molecule has 3 rings (SSSR count). The lowest BCUT2D eigenvalue weighted by Gasteiger charge is -2.33. The van der Waals surface area contributed by atoms with E-state index in [0.29, 0.717) is 0 Å². The molecule has 0 heterocycles. The summed E-state index contributed by atoms with van der Waals surface area (Å²) in [6.45, 7) is 1.66. The minimum absolute atomic E-state index is 0.00919. The van der Waals surface area contributed by atoms with Gasteiger partial charge in [-0.2, -0.15) is 0 Å². The van der Waals surface area contributed by atoms with Crippen molar-refractivity contribution < 1.29 is 9.90 Å². The predicted octanol–water partition coefficient (Wildman–Crippen LogP) is 3.88. The van der Waals surface area contributed by atoms with Crippen molar-refractivity contribution >= 4 is 6.09 Å². The van der Waals surface area contributed by atoms with Gasteiger partial charge in [0.1, 0.15) is 0 Å². The summed E-state index contributed by atoms with van der Waals surface area (Å²) in [5, 5.41) is 11.8. The van der Waals surface area contributed by atoms with Gasteiger partial charge in [-0.3, -0.25) is 4.90 Å². The second-order valence-electron chi connectivity index (χ2n) is 6.43. The molecule has 1 saturated carbocycles. The minimum Gasteiger partial charge on any atom is -0.465 e. The third kappa shape index (κ3) is 4.36. The van der Waals surface area contributed by atoms with Crippen LogP contribution in [0.25, 0.3) is 0 Å². The monoisotopic (exact) mass is 324 g/mol. The van der Waals surface area contributed by atoms with Crippen LogP contribution in [-0.4, -0.2) is 28.2 Å². The molecule has 0 aliphatic heterocycles. The summed E-state index contributed by atoms with van der Waals surface area (Å²) in [7, 11) is 0. The van der Waals surface area contributed by atoms with E-state index in [1.165, 1.54) is 11.1 Å². The van der Waals surface area contributed by atoms with Crippen molar-refractivity contribution in [1.29, 1.82) is 0 Å². The van der Waals surface area contributed by atoms with Gasteiger partial charge >= 0.3 is 6.09 Å². The van der Waals surface area contributed by atoms with Gasteiger partial charge in [0.05, 0.1) is 0 Å². The summed E-state index contributed by atoms with van der Waals surface area (Å²) in [6.07, 6.45) is 2.09. The number of amides is 1. The van der Waals surface area contributed by atoms with Crippen LogP contribution >= 0.6 is 0 Å². The van der Waals surface area contributed by atoms with Gasteiger partial charge in [-0.1, -0.05) is 60.7 Å². The van der Waals surface area contributed by atoms with Crippen molar-refractivity contribution in [1.82, 2.24) is 10.2 Å². The van der Waals surface area contributed by atoms with Gasteiger partial charge < -0.3 is 10.4 Å². The molecule has 0 unspecified atom stereocenters. The average molecular weight is 324 g/mol. The van der Waals surface area contributed by atoms with E-state index in [2.05, 4.69) is 58.7 Å². The number of hydrogen-bond acceptors (Lipinski definition) is 2. The maximum absolute atomic E-state index is 11.1. The molecular formula is C20H24N2O2. The van der Waals surface area contributed by atoms with Crippen molar-refractivity contribution in [3.8, 4) is 0 Å². The lowest BCUT2D eigenvalue weighted by Crippen LogP contribution is -2.47. The van der Waals surface area contributed by atoms with Crippen molar-refractivity contribution in [2.75, 3.05) is 0 Å². The summed E-state index contributed by atoms with van der Waals surface area (Å²) in [5.41, 5.74) is 2.52. The molecule has 2 N–H and O–H groups in total. The van der Waals surface area contributed by atoms with E-state index in [1.54, 1.807) is 0 Å². The van der Waals surface area contributed by atoms with Crippen LogP contribution < -0.4 is 5.32 Å². The maximum Gasteiger partial charge on any atom is 0.404 e. The molecule has 0 bridgehead atoms. The quantitative estimate of drug-likeness (QED) is 0.848. The molecule has 126 valence electrons. The van der Waals surface area contributed by atoms with Crippen LogP contribution in [0, 0.1) is 0 Å². The number of carbonyl (C=O) groups is 1. The molecule has 0 spiro atoms. The Balaban J connectivity index is 1.79. The van der Waals surface area contributed by atoms with Crippen LogP contribution in [0.3, 0.4) is 0 Å². The minimum atomic E-state index is -0.925. The van der Waals surface area contributed by atoms with Crippen molar-refractivity contribution in [2.45, 2.75) is 44.4 Å². The number of carboxylic acid groups (broad SMARTS) is 1. The van der Waals surface area contributed by atoms with Crippen molar-refractivity contribution in [3.63, 3.8) is 0 Å². The largest absolute Gasteiger partial charge is 0.465 e. The number of benzene rings is 2. The molecular weight excluding hydrogens is 300 g/mol. The first-order valence-corrected chi connectivity index (χ1v) is 8.54. The second kappa shape index (κ2) is 7.97. The van der Waals surface area contributed by atoms with Gasteiger partial charge in [-0.25, -0.2) is 4.79 Å². The number of nitrogens with one attached hydrogen (secondary N) is 1. The lowest BCUT2D eigenvalue weighted by molar-refractivity contribution is 0.144. The van der Waals surface area contributed by atoms with Gasteiger partial charge in [0.25, 0.3) is 0 Å². The second-order valence-corrected chi connectivity index (χ2v) is 6.43. The molecule has 2 atom stereocenters. The summed E-state index contributed by atoms with van der Waals surface area (Å²) < 4.78 is 0. The fourth-order valence-electron chi connectivity index (χ4n) is 3.63. The highest BCUT2D eigenvalue weighted by Gasteiger charge is 2.33. The summed E-state index contributed by atoms with van der Waals surface area (Å²) in [4.78, 5) is 13.5. The molecule has 4 nitrogen and oxygen atoms in total. The zero-order chi connectivity index (χ0) is 16.8. The molecule has 2 aromatic rings. The van der Waals surface area contributed by atoms with Crippen molar-refractivity contribution in [3.05, 3.63) is 71.8 Å². The third-order valence-electron chi connectivity index (χ3n) is 4.71. The Morgan fingerprint density at radius 2 is 1.50 bits per heavy atom. The summed E-state index contributed by atoms with van der Waals surface area (Å²) in [6, 6.07) is 21.0. The standard InChI is InChI=1S/C20H24N2O2/c23-20(24)21-18-12-7-13-19(18)22(14-16-8-3-1-4-9-16)15-17-10-5-2-6-11-17/h1-6,8-11,18-19,21H,7,12-15H2,(H,23,24)/t18-,19-/m0/s1. The number of rotatable bonds is 6. The van der Waals surface area contributed by atoms with E-state index >= 15 is 0 Å². The van der Waals surface area contributed by atoms with Crippen LogP contribution in [0.2, 0.25) is 0 Å². The summed E-state index contributed by atoms with van der Waals surface area (Å²) >= 11 is 0. The van der Waals surface area contributed by atoms with E-state index in [9.17, 15) is 4.79 Å². The molecule has 1 aliphatic rings. The highest BCUT2D eigenvalue weighted by Crippen LogP contribution is 2.27. The van der Waals surface area contributed by atoms with Crippen LogP contribution in [0.1, 0.15) is 30.4 Å². The van der Waals surface area contributed by atoms with Gasteiger partial charge in [0.2, 0.25) is 0 Å². The first-order valence-electron chi connectivity index (χ1n) is 8.54. The Bertz CT molecular complexity index is 604. The van der Waals surface area contributed by atoms with E-state index in [0.717, 1.165) is 32.4 Å². The van der Waals surface area contributed by atoms with Gasteiger partial charge in [-0.15, -0.1) is 0 Å². The molecule has 4 heteroatoms.